The summed E-state index contributed by atoms with van der Waals surface area (Å²) in [6, 6.07) is 8.73. The van der Waals surface area contributed by atoms with Gasteiger partial charge >= 0.3 is 11.8 Å². The number of carbonyl (C=O) groups excluding carboxylic acids is 1. The van der Waals surface area contributed by atoms with Crippen LogP contribution in [-0.2, 0) is 49.4 Å². The average molecular weight is 650 g/mol. The summed E-state index contributed by atoms with van der Waals surface area (Å²) in [4.78, 5) is 43.3. The number of imidazole rings is 2. The zero-order valence-electron chi connectivity index (χ0n) is 28.4. The number of H-pyrrole nitrogens is 1. The van der Waals surface area contributed by atoms with E-state index in [2.05, 4.69) is 67.8 Å². The number of nitrogens with zero attached hydrogens (tertiary/aromatic N) is 6. The molecule has 1 aromatic carbocycles. The molecule has 0 atom stereocenters. The zero-order valence-corrected chi connectivity index (χ0v) is 28.4. The van der Waals surface area contributed by atoms with Gasteiger partial charge in [0, 0.05) is 51.5 Å². The smallest absolute Gasteiger partial charge is 0.457 e. The maximum atomic E-state index is 12.6. The van der Waals surface area contributed by atoms with Crippen molar-refractivity contribution in [2.75, 3.05) is 32.7 Å². The van der Waals surface area contributed by atoms with E-state index in [0.29, 0.717) is 25.4 Å². The Balaban J connectivity index is 1.35. The molecule has 256 valence electrons. The maximum Gasteiger partial charge on any atom is 0.519 e. The number of rotatable bonds is 22. The molecular weight excluding hydrogens is 598 g/mol. The third-order valence-electron chi connectivity index (χ3n) is 8.16. The quantitative estimate of drug-likeness (QED) is 0.0915. The molecular formula is C35H51N7O5. The van der Waals surface area contributed by atoms with E-state index in [9.17, 15) is 9.59 Å². The molecule has 0 aliphatic carbocycles. The van der Waals surface area contributed by atoms with Crippen molar-refractivity contribution in [2.24, 2.45) is 7.05 Å². The predicted octanol–water partition coefficient (Wildman–Crippen LogP) is 5.04. The molecule has 4 aromatic rings. The van der Waals surface area contributed by atoms with E-state index in [1.807, 2.05) is 30.2 Å². The molecule has 0 aliphatic rings. The second-order valence-electron chi connectivity index (χ2n) is 12.1. The first-order chi connectivity index (χ1) is 22.8. The molecule has 0 unspecified atom stereocenters. The number of esters is 1. The van der Waals surface area contributed by atoms with Crippen LogP contribution < -0.4 is 5.82 Å². The Morgan fingerprint density at radius 2 is 1.53 bits per heavy atom. The fourth-order valence-electron chi connectivity index (χ4n) is 5.66. The third kappa shape index (κ3) is 12.3. The SMILES string of the molecule is CCCN(CCC)CCCCN(CCC(=O)OCc1oc(=O)oc1C)Cc1ccc(CN(Cc2ncc[nH]2)Cc2nccn2C)cc1. The summed E-state index contributed by atoms with van der Waals surface area (Å²) in [5.41, 5.74) is 2.40. The molecule has 0 bridgehead atoms. The first-order valence-corrected chi connectivity index (χ1v) is 16.8. The Morgan fingerprint density at radius 3 is 2.11 bits per heavy atom. The normalized spacial score (nSPS) is 11.7. The van der Waals surface area contributed by atoms with Crippen LogP contribution in [0, 0.1) is 6.92 Å². The van der Waals surface area contributed by atoms with Crippen LogP contribution in [0.3, 0.4) is 0 Å². The van der Waals surface area contributed by atoms with Crippen molar-refractivity contribution in [1.82, 2.24) is 34.2 Å². The summed E-state index contributed by atoms with van der Waals surface area (Å²) in [7, 11) is 2.01. The van der Waals surface area contributed by atoms with Crippen LogP contribution in [0.2, 0.25) is 0 Å². The van der Waals surface area contributed by atoms with Crippen LogP contribution in [0.4, 0.5) is 0 Å². The summed E-state index contributed by atoms with van der Waals surface area (Å²) >= 11 is 0. The molecule has 47 heavy (non-hydrogen) atoms. The minimum absolute atomic E-state index is 0.111. The number of hydrogen-bond donors (Lipinski definition) is 1. The molecule has 0 radical (unpaired) electrons. The van der Waals surface area contributed by atoms with Gasteiger partial charge in [0.25, 0.3) is 0 Å². The van der Waals surface area contributed by atoms with E-state index in [4.69, 9.17) is 13.6 Å². The van der Waals surface area contributed by atoms with Crippen molar-refractivity contribution < 1.29 is 18.4 Å². The highest BCUT2D eigenvalue weighted by atomic mass is 16.6. The first-order valence-electron chi connectivity index (χ1n) is 16.8. The summed E-state index contributed by atoms with van der Waals surface area (Å²) in [5, 5.41) is 0. The molecule has 0 saturated heterocycles. The van der Waals surface area contributed by atoms with Gasteiger partial charge in [-0.1, -0.05) is 38.1 Å². The average Bonchev–Trinajstić information content (AvgIpc) is 3.79. The number of nitrogens with one attached hydrogen (secondary N) is 1. The van der Waals surface area contributed by atoms with Crippen LogP contribution in [0.1, 0.15) is 80.2 Å². The predicted molar refractivity (Wildman–Crippen MR) is 179 cm³/mol. The molecule has 0 saturated carbocycles. The third-order valence-corrected chi connectivity index (χ3v) is 8.16. The summed E-state index contributed by atoms with van der Waals surface area (Å²) < 4.78 is 17.2. The monoisotopic (exact) mass is 649 g/mol. The number of ether oxygens (including phenoxy) is 1. The van der Waals surface area contributed by atoms with Crippen molar-refractivity contribution in [3.63, 3.8) is 0 Å². The Kier molecular flexibility index (Phi) is 14.5. The zero-order chi connectivity index (χ0) is 33.4. The van der Waals surface area contributed by atoms with Crippen LogP contribution in [0.25, 0.3) is 0 Å². The van der Waals surface area contributed by atoms with Crippen LogP contribution in [-0.4, -0.2) is 72.9 Å². The van der Waals surface area contributed by atoms with Crippen LogP contribution >= 0.6 is 0 Å². The first kappa shape index (κ1) is 35.8. The van der Waals surface area contributed by atoms with Crippen LogP contribution in [0.5, 0.6) is 0 Å². The highest BCUT2D eigenvalue weighted by Gasteiger charge is 2.16. The maximum absolute atomic E-state index is 12.6. The number of benzene rings is 1. The number of unbranched alkanes of at least 4 members (excludes halogenated alkanes) is 1. The van der Waals surface area contributed by atoms with Crippen molar-refractivity contribution >= 4 is 5.97 Å². The van der Waals surface area contributed by atoms with Gasteiger partial charge in [0.2, 0.25) is 0 Å². The fraction of sp³-hybridized carbons (Fsp3) is 0.543. The van der Waals surface area contributed by atoms with Gasteiger partial charge in [-0.3, -0.25) is 14.6 Å². The highest BCUT2D eigenvalue weighted by Crippen LogP contribution is 2.15. The number of carbonyl (C=O) groups is 1. The minimum Gasteiger partial charge on any atom is -0.457 e. The Morgan fingerprint density at radius 1 is 0.851 bits per heavy atom. The molecule has 1 N–H and O–H groups in total. The molecule has 0 fully saturated rings. The Labute approximate surface area is 277 Å². The van der Waals surface area contributed by atoms with Gasteiger partial charge < -0.3 is 28.0 Å². The lowest BCUT2D eigenvalue weighted by molar-refractivity contribution is -0.145. The highest BCUT2D eigenvalue weighted by molar-refractivity contribution is 5.69. The molecule has 12 heteroatoms. The van der Waals surface area contributed by atoms with E-state index in [1.165, 1.54) is 11.1 Å². The standard InChI is InChI=1S/C35H51N7O5/c1-5-17-40(18-6-2)19-7-8-20-41(21-13-34(43)45-27-31-28(3)46-35(44)47-31)23-29-9-11-30(12-10-29)24-42(25-32-36-14-15-37-32)26-33-38-16-22-39(33)4/h9-12,14-16,22H,5-8,13,17-21,23-27H2,1-4H3,(H,36,37). The van der Waals surface area contributed by atoms with Gasteiger partial charge in [0.05, 0.1) is 19.5 Å². The van der Waals surface area contributed by atoms with E-state index in [0.717, 1.165) is 76.6 Å². The van der Waals surface area contributed by atoms with Crippen molar-refractivity contribution in [3.05, 3.63) is 94.0 Å². The molecule has 12 nitrogen and oxygen atoms in total. The molecule has 0 amide bonds. The van der Waals surface area contributed by atoms with E-state index in [-0.39, 0.29) is 24.8 Å². The van der Waals surface area contributed by atoms with Crippen LogP contribution in [0.15, 0.2) is 62.7 Å². The second kappa shape index (κ2) is 19.0. The molecule has 0 spiro atoms. The van der Waals surface area contributed by atoms with E-state index in [1.54, 1.807) is 13.1 Å². The van der Waals surface area contributed by atoms with Gasteiger partial charge in [-0.15, -0.1) is 0 Å². The second-order valence-corrected chi connectivity index (χ2v) is 12.1. The molecule has 4 rings (SSSR count). The molecule has 3 heterocycles. The largest absolute Gasteiger partial charge is 0.519 e. The van der Waals surface area contributed by atoms with E-state index >= 15 is 0 Å². The van der Waals surface area contributed by atoms with Gasteiger partial charge in [0.15, 0.2) is 18.1 Å². The molecule has 3 aromatic heterocycles. The van der Waals surface area contributed by atoms with Crippen molar-refractivity contribution in [1.29, 1.82) is 0 Å². The summed E-state index contributed by atoms with van der Waals surface area (Å²) in [6.07, 6.45) is 12.1. The van der Waals surface area contributed by atoms with Gasteiger partial charge in [0.1, 0.15) is 11.6 Å². The summed E-state index contributed by atoms with van der Waals surface area (Å²) in [6.45, 7) is 13.7. The van der Waals surface area contributed by atoms with Gasteiger partial charge in [-0.2, -0.15) is 0 Å². The van der Waals surface area contributed by atoms with Gasteiger partial charge in [-0.25, -0.2) is 14.8 Å². The van der Waals surface area contributed by atoms with Crippen molar-refractivity contribution in [2.45, 2.75) is 85.7 Å². The lowest BCUT2D eigenvalue weighted by atomic mass is 10.1. The number of aromatic nitrogens is 4. The summed E-state index contributed by atoms with van der Waals surface area (Å²) in [5.74, 6) is 1.36. The number of aromatic amines is 1. The Hall–Kier alpha value is -4.00. The van der Waals surface area contributed by atoms with Gasteiger partial charge in [-0.05, 0) is 69.9 Å². The Bertz CT molecular complexity index is 1500. The number of hydrogen-bond acceptors (Lipinski definition) is 10. The number of aryl methyl sites for hydroxylation is 2. The van der Waals surface area contributed by atoms with Crippen molar-refractivity contribution in [3.8, 4) is 0 Å². The molecule has 0 aliphatic heterocycles. The lowest BCUT2D eigenvalue weighted by Crippen LogP contribution is -2.30. The lowest BCUT2D eigenvalue weighted by Gasteiger charge is -2.24. The fourth-order valence-corrected chi connectivity index (χ4v) is 5.66. The minimum atomic E-state index is -0.791. The topological polar surface area (TPSA) is 126 Å². The van der Waals surface area contributed by atoms with E-state index < -0.39 is 5.82 Å².